The number of carbonyl (C=O) groups excluding carboxylic acids is 2. The Morgan fingerprint density at radius 1 is 1.14 bits per heavy atom. The van der Waals surface area contributed by atoms with E-state index in [0.29, 0.717) is 0 Å². The number of ether oxygens (including phenoxy) is 2. The molecule has 0 heterocycles. The van der Waals surface area contributed by atoms with E-state index in [0.717, 1.165) is 25.7 Å². The van der Waals surface area contributed by atoms with Crippen molar-refractivity contribution in [3.8, 4) is 5.75 Å². The molecule has 156 valence electrons. The van der Waals surface area contributed by atoms with Crippen molar-refractivity contribution in [1.29, 1.82) is 0 Å². The summed E-state index contributed by atoms with van der Waals surface area (Å²) in [5.41, 5.74) is 0.184. The Hall–Kier alpha value is -2.33. The number of nitrogens with one attached hydrogen (secondary N) is 3. The first kappa shape index (κ1) is 22.0. The van der Waals surface area contributed by atoms with Gasteiger partial charge in [-0.2, -0.15) is 0 Å². The Kier molecular flexibility index (Phi) is 8.06. The number of carbonyl (C=O) groups is 2. The Morgan fingerprint density at radius 3 is 2.46 bits per heavy atom. The van der Waals surface area contributed by atoms with Crippen LogP contribution in [0.1, 0.15) is 43.0 Å². The minimum atomic E-state index is -3.81. The average Bonchev–Trinajstić information content (AvgIpc) is 3.17. The highest BCUT2D eigenvalue weighted by molar-refractivity contribution is 7.89. The van der Waals surface area contributed by atoms with Gasteiger partial charge < -0.3 is 20.1 Å². The van der Waals surface area contributed by atoms with Gasteiger partial charge in [0, 0.05) is 24.7 Å². The van der Waals surface area contributed by atoms with Gasteiger partial charge in [0.1, 0.15) is 10.6 Å². The number of alkyl carbamates (subject to hydrolysis) is 1. The molecular formula is C18H27N3O6S. The highest BCUT2D eigenvalue weighted by Crippen LogP contribution is 2.27. The van der Waals surface area contributed by atoms with Gasteiger partial charge in [-0.05, 0) is 38.0 Å². The molecule has 0 aromatic heterocycles. The van der Waals surface area contributed by atoms with Crippen molar-refractivity contribution in [2.75, 3.05) is 26.8 Å². The number of sulfonamides is 1. The maximum absolute atomic E-state index is 12.8. The van der Waals surface area contributed by atoms with Crippen LogP contribution >= 0.6 is 0 Å². The molecule has 1 fully saturated rings. The van der Waals surface area contributed by atoms with E-state index < -0.39 is 22.0 Å². The number of amides is 2. The van der Waals surface area contributed by atoms with Gasteiger partial charge >= 0.3 is 6.09 Å². The van der Waals surface area contributed by atoms with Gasteiger partial charge in [0.05, 0.1) is 13.7 Å². The summed E-state index contributed by atoms with van der Waals surface area (Å²) in [5.74, 6) is -0.281. The monoisotopic (exact) mass is 413 g/mol. The maximum atomic E-state index is 12.8. The lowest BCUT2D eigenvalue weighted by molar-refractivity contribution is 0.0952. The summed E-state index contributed by atoms with van der Waals surface area (Å²) >= 11 is 0. The van der Waals surface area contributed by atoms with Gasteiger partial charge in [-0.3, -0.25) is 4.79 Å². The van der Waals surface area contributed by atoms with E-state index >= 15 is 0 Å². The van der Waals surface area contributed by atoms with E-state index in [2.05, 4.69) is 15.4 Å². The second-order valence-electron chi connectivity index (χ2n) is 6.37. The van der Waals surface area contributed by atoms with Crippen LogP contribution in [-0.2, 0) is 14.8 Å². The van der Waals surface area contributed by atoms with Crippen LogP contribution < -0.4 is 20.1 Å². The summed E-state index contributed by atoms with van der Waals surface area (Å²) in [4.78, 5) is 23.4. The molecule has 0 atom stereocenters. The largest absolute Gasteiger partial charge is 0.495 e. The van der Waals surface area contributed by atoms with E-state index in [4.69, 9.17) is 9.47 Å². The topological polar surface area (TPSA) is 123 Å². The molecule has 0 radical (unpaired) electrons. The molecule has 2 amide bonds. The molecule has 0 aliphatic heterocycles. The summed E-state index contributed by atoms with van der Waals surface area (Å²) in [6.45, 7) is 2.32. The lowest BCUT2D eigenvalue weighted by Gasteiger charge is -2.16. The zero-order chi connectivity index (χ0) is 20.6. The van der Waals surface area contributed by atoms with Gasteiger partial charge in [-0.25, -0.2) is 17.9 Å². The van der Waals surface area contributed by atoms with Gasteiger partial charge in [0.25, 0.3) is 5.91 Å². The summed E-state index contributed by atoms with van der Waals surface area (Å²) < 4.78 is 38.1. The third-order valence-electron chi connectivity index (χ3n) is 4.35. The van der Waals surface area contributed by atoms with Crippen molar-refractivity contribution in [3.63, 3.8) is 0 Å². The van der Waals surface area contributed by atoms with Crippen molar-refractivity contribution in [2.45, 2.75) is 43.5 Å². The summed E-state index contributed by atoms with van der Waals surface area (Å²) in [7, 11) is -2.43. The second kappa shape index (κ2) is 10.3. The van der Waals surface area contributed by atoms with Crippen LogP contribution in [0.25, 0.3) is 0 Å². The third kappa shape index (κ3) is 6.10. The standard InChI is InChI=1S/C18H27N3O6S/c1-3-27-18(23)20-11-10-19-17(22)13-8-9-15(26-2)16(12-13)28(24,25)21-14-6-4-5-7-14/h8-9,12,14,21H,3-7,10-11H2,1-2H3,(H,19,22)(H,20,23). The minimum Gasteiger partial charge on any atom is -0.495 e. The first-order valence-electron chi connectivity index (χ1n) is 9.26. The summed E-state index contributed by atoms with van der Waals surface area (Å²) in [6, 6.07) is 4.14. The quantitative estimate of drug-likeness (QED) is 0.526. The fourth-order valence-corrected chi connectivity index (χ4v) is 4.48. The molecule has 0 spiro atoms. The maximum Gasteiger partial charge on any atom is 0.407 e. The van der Waals surface area contributed by atoms with Crippen molar-refractivity contribution >= 4 is 22.0 Å². The third-order valence-corrected chi connectivity index (χ3v) is 5.89. The zero-order valence-corrected chi connectivity index (χ0v) is 16.9. The molecule has 1 aromatic rings. The zero-order valence-electron chi connectivity index (χ0n) is 16.1. The smallest absolute Gasteiger partial charge is 0.407 e. The van der Waals surface area contributed by atoms with Crippen LogP contribution in [-0.4, -0.2) is 53.3 Å². The predicted molar refractivity (Wildman–Crippen MR) is 103 cm³/mol. The van der Waals surface area contributed by atoms with E-state index in [1.807, 2.05) is 0 Å². The van der Waals surface area contributed by atoms with Crippen LogP contribution in [0.5, 0.6) is 5.75 Å². The van der Waals surface area contributed by atoms with Gasteiger partial charge in [0.2, 0.25) is 10.0 Å². The van der Waals surface area contributed by atoms with Crippen molar-refractivity contribution < 1.29 is 27.5 Å². The van der Waals surface area contributed by atoms with Crippen molar-refractivity contribution in [2.24, 2.45) is 0 Å². The van der Waals surface area contributed by atoms with E-state index in [1.54, 1.807) is 6.92 Å². The Bertz CT molecular complexity index is 791. The first-order valence-corrected chi connectivity index (χ1v) is 10.7. The van der Waals surface area contributed by atoms with Gasteiger partial charge in [-0.15, -0.1) is 0 Å². The molecule has 0 saturated heterocycles. The molecular weight excluding hydrogens is 386 g/mol. The number of hydrogen-bond donors (Lipinski definition) is 3. The van der Waals surface area contributed by atoms with Crippen LogP contribution in [0.2, 0.25) is 0 Å². The molecule has 0 bridgehead atoms. The van der Waals surface area contributed by atoms with E-state index in [-0.39, 0.29) is 41.9 Å². The number of rotatable bonds is 9. The Balaban J connectivity index is 2.04. The SMILES string of the molecule is CCOC(=O)NCCNC(=O)c1ccc(OC)c(S(=O)(=O)NC2CCCC2)c1. The Labute approximate surface area is 165 Å². The van der Waals surface area contributed by atoms with Gasteiger partial charge in [0.15, 0.2) is 0 Å². The van der Waals surface area contributed by atoms with Gasteiger partial charge in [-0.1, -0.05) is 12.8 Å². The minimum absolute atomic E-state index is 0.0702. The lowest BCUT2D eigenvalue weighted by Crippen LogP contribution is -2.35. The van der Waals surface area contributed by atoms with Crippen LogP contribution in [0.15, 0.2) is 23.1 Å². The molecule has 1 saturated carbocycles. The summed E-state index contributed by atoms with van der Waals surface area (Å²) in [6.07, 6.45) is 3.02. The molecule has 3 N–H and O–H groups in total. The lowest BCUT2D eigenvalue weighted by atomic mass is 10.2. The number of hydrogen-bond acceptors (Lipinski definition) is 6. The Morgan fingerprint density at radius 2 is 1.82 bits per heavy atom. The average molecular weight is 413 g/mol. The van der Waals surface area contributed by atoms with E-state index in [1.165, 1.54) is 25.3 Å². The van der Waals surface area contributed by atoms with Crippen LogP contribution in [0.4, 0.5) is 4.79 Å². The highest BCUT2D eigenvalue weighted by atomic mass is 32.2. The molecule has 28 heavy (non-hydrogen) atoms. The van der Waals surface area contributed by atoms with E-state index in [9.17, 15) is 18.0 Å². The second-order valence-corrected chi connectivity index (χ2v) is 8.05. The predicted octanol–water partition coefficient (Wildman–Crippen LogP) is 1.39. The van der Waals surface area contributed by atoms with Crippen LogP contribution in [0.3, 0.4) is 0 Å². The van der Waals surface area contributed by atoms with Crippen molar-refractivity contribution in [3.05, 3.63) is 23.8 Å². The first-order chi connectivity index (χ1) is 13.4. The molecule has 1 aromatic carbocycles. The molecule has 9 nitrogen and oxygen atoms in total. The molecule has 2 rings (SSSR count). The molecule has 0 unspecified atom stereocenters. The molecule has 1 aliphatic rings. The normalized spacial score (nSPS) is 14.5. The van der Waals surface area contributed by atoms with Crippen LogP contribution in [0, 0.1) is 0 Å². The molecule has 1 aliphatic carbocycles. The number of methoxy groups -OCH3 is 1. The highest BCUT2D eigenvalue weighted by Gasteiger charge is 2.26. The molecule has 10 heteroatoms. The fourth-order valence-electron chi connectivity index (χ4n) is 2.98. The fraction of sp³-hybridized carbons (Fsp3) is 0.556. The van der Waals surface area contributed by atoms with Crippen molar-refractivity contribution in [1.82, 2.24) is 15.4 Å². The summed E-state index contributed by atoms with van der Waals surface area (Å²) in [5, 5.41) is 5.10. The number of benzene rings is 1.